The fraction of sp³-hybridized carbons (Fsp3) is 0.188. The molecule has 0 aliphatic carbocycles. The Labute approximate surface area is 133 Å². The van der Waals surface area contributed by atoms with E-state index in [0.717, 1.165) is 0 Å². The molecule has 23 heavy (non-hydrogen) atoms. The molecule has 0 radical (unpaired) electrons. The zero-order valence-corrected chi connectivity index (χ0v) is 12.9. The molecule has 2 aromatic rings. The highest BCUT2D eigenvalue weighted by Gasteiger charge is 2.15. The number of anilines is 1. The van der Waals surface area contributed by atoms with Crippen molar-refractivity contribution in [2.24, 2.45) is 0 Å². The molecule has 3 N–H and O–H groups in total. The van der Waals surface area contributed by atoms with Crippen LogP contribution in [0.5, 0.6) is 28.7 Å². The third kappa shape index (κ3) is 3.39. The number of aromatic hydroxyl groups is 2. The van der Waals surface area contributed by atoms with Gasteiger partial charge in [0, 0.05) is 23.4 Å². The average Bonchev–Trinajstić information content (AvgIpc) is 2.56. The highest BCUT2D eigenvalue weighted by Crippen LogP contribution is 2.40. The first kappa shape index (κ1) is 16.3. The van der Waals surface area contributed by atoms with Crippen LogP contribution in [0.4, 0.5) is 5.69 Å². The van der Waals surface area contributed by atoms with Crippen molar-refractivity contribution in [2.45, 2.75) is 0 Å². The summed E-state index contributed by atoms with van der Waals surface area (Å²) < 4.78 is 15.6. The summed E-state index contributed by atoms with van der Waals surface area (Å²) in [5, 5.41) is 21.4. The van der Waals surface area contributed by atoms with Crippen LogP contribution >= 0.6 is 0 Å². The number of hydrogen-bond acceptors (Lipinski definition) is 6. The standard InChI is InChI=1S/C16H17NO6/c1-21-13-7-10(8-14(22-2)15(13)23-3)17-16(20)9-4-5-11(18)12(19)6-9/h4-8,18-19H,1-3H3,(H,17,20). The van der Waals surface area contributed by atoms with Crippen molar-refractivity contribution in [3.8, 4) is 28.7 Å². The van der Waals surface area contributed by atoms with E-state index in [9.17, 15) is 15.0 Å². The van der Waals surface area contributed by atoms with Crippen LogP contribution in [0.15, 0.2) is 30.3 Å². The minimum absolute atomic E-state index is 0.189. The van der Waals surface area contributed by atoms with Crippen molar-refractivity contribution >= 4 is 11.6 Å². The van der Waals surface area contributed by atoms with Crippen molar-refractivity contribution in [1.82, 2.24) is 0 Å². The Morgan fingerprint density at radius 3 is 2.00 bits per heavy atom. The van der Waals surface area contributed by atoms with Gasteiger partial charge in [0.15, 0.2) is 23.0 Å². The fourth-order valence-corrected chi connectivity index (χ4v) is 2.02. The van der Waals surface area contributed by atoms with Crippen molar-refractivity contribution < 1.29 is 29.2 Å². The van der Waals surface area contributed by atoms with Gasteiger partial charge in [-0.15, -0.1) is 0 Å². The molecule has 0 fully saturated rings. The quantitative estimate of drug-likeness (QED) is 0.732. The van der Waals surface area contributed by atoms with Gasteiger partial charge in [0.1, 0.15) is 0 Å². The minimum atomic E-state index is -0.463. The Morgan fingerprint density at radius 2 is 1.52 bits per heavy atom. The summed E-state index contributed by atoms with van der Waals surface area (Å²) in [7, 11) is 4.43. The molecular weight excluding hydrogens is 302 g/mol. The molecule has 0 aliphatic heterocycles. The smallest absolute Gasteiger partial charge is 0.255 e. The summed E-state index contributed by atoms with van der Waals surface area (Å²) in [4.78, 5) is 12.2. The monoisotopic (exact) mass is 319 g/mol. The molecule has 0 spiro atoms. The van der Waals surface area contributed by atoms with Crippen LogP contribution in [-0.2, 0) is 0 Å². The van der Waals surface area contributed by atoms with E-state index in [1.807, 2.05) is 0 Å². The third-order valence-electron chi connectivity index (χ3n) is 3.16. The number of phenols is 2. The molecule has 0 heterocycles. The Kier molecular flexibility index (Phi) is 4.80. The lowest BCUT2D eigenvalue weighted by molar-refractivity contribution is 0.102. The van der Waals surface area contributed by atoms with Crippen molar-refractivity contribution in [1.29, 1.82) is 0 Å². The summed E-state index contributed by atoms with van der Waals surface area (Å²) in [5.41, 5.74) is 0.617. The van der Waals surface area contributed by atoms with E-state index in [2.05, 4.69) is 5.32 Å². The van der Waals surface area contributed by atoms with E-state index in [0.29, 0.717) is 22.9 Å². The Morgan fingerprint density at radius 1 is 0.913 bits per heavy atom. The second-order valence-corrected chi connectivity index (χ2v) is 4.57. The molecule has 0 aliphatic rings. The van der Waals surface area contributed by atoms with Crippen LogP contribution < -0.4 is 19.5 Å². The van der Waals surface area contributed by atoms with Gasteiger partial charge >= 0.3 is 0 Å². The number of carbonyl (C=O) groups is 1. The number of amides is 1. The fourth-order valence-electron chi connectivity index (χ4n) is 2.02. The average molecular weight is 319 g/mol. The predicted molar refractivity (Wildman–Crippen MR) is 83.8 cm³/mol. The summed E-state index contributed by atoms with van der Waals surface area (Å²) in [6.45, 7) is 0. The van der Waals surface area contributed by atoms with Gasteiger partial charge in [0.25, 0.3) is 5.91 Å². The second-order valence-electron chi connectivity index (χ2n) is 4.57. The molecule has 0 unspecified atom stereocenters. The highest BCUT2D eigenvalue weighted by molar-refractivity contribution is 6.05. The van der Waals surface area contributed by atoms with Crippen LogP contribution in [0.1, 0.15) is 10.4 Å². The number of methoxy groups -OCH3 is 3. The molecule has 1 amide bonds. The number of ether oxygens (including phenoxy) is 3. The Hall–Kier alpha value is -3.09. The molecule has 0 bridgehead atoms. The lowest BCUT2D eigenvalue weighted by Crippen LogP contribution is -2.12. The summed E-state index contributed by atoms with van der Waals surface area (Å²) >= 11 is 0. The van der Waals surface area contributed by atoms with Crippen LogP contribution in [0, 0.1) is 0 Å². The lowest BCUT2D eigenvalue weighted by Gasteiger charge is -2.14. The van der Waals surface area contributed by atoms with E-state index in [1.165, 1.54) is 39.5 Å². The summed E-state index contributed by atoms with van der Waals surface area (Å²) in [6, 6.07) is 6.96. The molecule has 2 aromatic carbocycles. The maximum absolute atomic E-state index is 12.2. The first-order valence-corrected chi connectivity index (χ1v) is 6.63. The summed E-state index contributed by atoms with van der Waals surface area (Å²) in [5.74, 6) is 0.0770. The molecule has 0 atom stereocenters. The van der Waals surface area contributed by atoms with E-state index in [1.54, 1.807) is 12.1 Å². The zero-order chi connectivity index (χ0) is 17.0. The Bertz CT molecular complexity index is 704. The SMILES string of the molecule is COc1cc(NC(=O)c2ccc(O)c(O)c2)cc(OC)c1OC. The van der Waals surface area contributed by atoms with E-state index < -0.39 is 5.91 Å². The van der Waals surface area contributed by atoms with Crippen LogP contribution in [-0.4, -0.2) is 37.4 Å². The van der Waals surface area contributed by atoms with E-state index >= 15 is 0 Å². The van der Waals surface area contributed by atoms with Gasteiger partial charge in [-0.25, -0.2) is 0 Å². The molecule has 122 valence electrons. The van der Waals surface area contributed by atoms with Crippen LogP contribution in [0.25, 0.3) is 0 Å². The number of nitrogens with one attached hydrogen (secondary N) is 1. The first-order chi connectivity index (χ1) is 11.0. The Balaban J connectivity index is 2.31. The van der Waals surface area contributed by atoms with Crippen molar-refractivity contribution in [2.75, 3.05) is 26.6 Å². The van der Waals surface area contributed by atoms with Gasteiger partial charge in [-0.1, -0.05) is 0 Å². The van der Waals surface area contributed by atoms with Gasteiger partial charge in [-0.05, 0) is 18.2 Å². The molecule has 0 aromatic heterocycles. The maximum atomic E-state index is 12.2. The van der Waals surface area contributed by atoms with E-state index in [4.69, 9.17) is 14.2 Å². The van der Waals surface area contributed by atoms with Gasteiger partial charge in [0.2, 0.25) is 5.75 Å². The zero-order valence-electron chi connectivity index (χ0n) is 12.9. The molecule has 7 heteroatoms. The lowest BCUT2D eigenvalue weighted by atomic mass is 10.1. The maximum Gasteiger partial charge on any atom is 0.255 e. The third-order valence-corrected chi connectivity index (χ3v) is 3.16. The number of hydrogen-bond donors (Lipinski definition) is 3. The first-order valence-electron chi connectivity index (χ1n) is 6.63. The van der Waals surface area contributed by atoms with Crippen molar-refractivity contribution in [3.05, 3.63) is 35.9 Å². The number of rotatable bonds is 5. The van der Waals surface area contributed by atoms with Gasteiger partial charge in [-0.3, -0.25) is 4.79 Å². The normalized spacial score (nSPS) is 10.0. The molecule has 0 saturated heterocycles. The van der Waals surface area contributed by atoms with Crippen LogP contribution in [0.2, 0.25) is 0 Å². The molecule has 0 saturated carbocycles. The second kappa shape index (κ2) is 6.78. The molecule has 2 rings (SSSR count). The summed E-state index contributed by atoms with van der Waals surface area (Å²) in [6.07, 6.45) is 0. The minimum Gasteiger partial charge on any atom is -0.504 e. The van der Waals surface area contributed by atoms with Crippen LogP contribution in [0.3, 0.4) is 0 Å². The van der Waals surface area contributed by atoms with Crippen molar-refractivity contribution in [3.63, 3.8) is 0 Å². The van der Waals surface area contributed by atoms with Gasteiger partial charge < -0.3 is 29.7 Å². The molecular formula is C16H17NO6. The number of benzene rings is 2. The topological polar surface area (TPSA) is 97.3 Å². The van der Waals surface area contributed by atoms with Gasteiger partial charge in [0.05, 0.1) is 21.3 Å². The number of carbonyl (C=O) groups excluding carboxylic acids is 1. The molecule has 7 nitrogen and oxygen atoms in total. The predicted octanol–water partition coefficient (Wildman–Crippen LogP) is 2.38. The van der Waals surface area contributed by atoms with E-state index in [-0.39, 0.29) is 17.1 Å². The highest BCUT2D eigenvalue weighted by atomic mass is 16.5. The van der Waals surface area contributed by atoms with Gasteiger partial charge in [-0.2, -0.15) is 0 Å². The number of phenolic OH excluding ortho intramolecular Hbond substituents is 2. The largest absolute Gasteiger partial charge is 0.504 e.